The van der Waals surface area contributed by atoms with Crippen LogP contribution in [-0.4, -0.2) is 12.6 Å². The molecule has 1 unspecified atom stereocenters. The average molecular weight is 231 g/mol. The number of nitrogens with two attached hydrogens (primary N) is 1. The molecule has 1 aliphatic rings. The maximum atomic E-state index is 6.00. The van der Waals surface area contributed by atoms with Gasteiger partial charge >= 0.3 is 0 Å². The lowest BCUT2D eigenvalue weighted by atomic mass is 10.1. The zero-order valence-corrected chi connectivity index (χ0v) is 8.72. The van der Waals surface area contributed by atoms with Crippen molar-refractivity contribution in [3.05, 3.63) is 33.8 Å². The van der Waals surface area contributed by atoms with Crippen molar-refractivity contribution < 1.29 is 4.74 Å². The molecule has 0 amide bonds. The number of aliphatic imine (C=N–C) groups is 1. The summed E-state index contributed by atoms with van der Waals surface area (Å²) in [6.07, 6.45) is -0.181. The van der Waals surface area contributed by atoms with Crippen LogP contribution < -0.4 is 5.73 Å². The number of nitrogens with zero attached hydrogens (tertiary/aromatic N) is 1. The van der Waals surface area contributed by atoms with Gasteiger partial charge in [-0.25, -0.2) is 4.99 Å². The second kappa shape index (κ2) is 3.67. The Morgan fingerprint density at radius 2 is 2.21 bits per heavy atom. The maximum Gasteiger partial charge on any atom is 0.282 e. The summed E-state index contributed by atoms with van der Waals surface area (Å²) in [4.78, 5) is 3.94. The summed E-state index contributed by atoms with van der Waals surface area (Å²) in [6, 6.07) is 5.47. The Balaban J connectivity index is 2.25. The lowest BCUT2D eigenvalue weighted by Crippen LogP contribution is -2.13. The van der Waals surface area contributed by atoms with Gasteiger partial charge in [0.05, 0.1) is 6.54 Å². The van der Waals surface area contributed by atoms with Crippen molar-refractivity contribution in [2.75, 3.05) is 6.54 Å². The molecule has 14 heavy (non-hydrogen) atoms. The van der Waals surface area contributed by atoms with Gasteiger partial charge in [0.15, 0.2) is 0 Å². The Morgan fingerprint density at radius 3 is 2.79 bits per heavy atom. The zero-order chi connectivity index (χ0) is 10.1. The molecule has 1 heterocycles. The predicted molar refractivity (Wildman–Crippen MR) is 56.8 cm³/mol. The van der Waals surface area contributed by atoms with E-state index in [-0.39, 0.29) is 12.1 Å². The van der Waals surface area contributed by atoms with Crippen molar-refractivity contribution in [2.45, 2.75) is 6.10 Å². The van der Waals surface area contributed by atoms with Crippen LogP contribution in [0.1, 0.15) is 11.7 Å². The second-order valence-electron chi connectivity index (χ2n) is 2.95. The number of ether oxygens (including phenoxy) is 1. The summed E-state index contributed by atoms with van der Waals surface area (Å²) in [5.74, 6) is 0. The van der Waals surface area contributed by atoms with Gasteiger partial charge in [-0.2, -0.15) is 0 Å². The van der Waals surface area contributed by atoms with Crippen molar-refractivity contribution >= 4 is 29.2 Å². The highest BCUT2D eigenvalue weighted by atomic mass is 35.5. The van der Waals surface area contributed by atoms with E-state index in [0.29, 0.717) is 16.6 Å². The van der Waals surface area contributed by atoms with Crippen LogP contribution in [0, 0.1) is 0 Å². The van der Waals surface area contributed by atoms with Crippen LogP contribution in [-0.2, 0) is 4.74 Å². The van der Waals surface area contributed by atoms with Crippen LogP contribution in [0.4, 0.5) is 0 Å². The van der Waals surface area contributed by atoms with Crippen LogP contribution in [0.15, 0.2) is 23.2 Å². The molecule has 1 aliphatic heterocycles. The molecule has 0 fully saturated rings. The van der Waals surface area contributed by atoms with Gasteiger partial charge in [-0.15, -0.1) is 0 Å². The van der Waals surface area contributed by atoms with Crippen molar-refractivity contribution in [3.8, 4) is 0 Å². The number of rotatable bonds is 1. The van der Waals surface area contributed by atoms with E-state index in [9.17, 15) is 0 Å². The topological polar surface area (TPSA) is 47.6 Å². The summed E-state index contributed by atoms with van der Waals surface area (Å²) in [5, 5.41) is 1.18. The Labute approximate surface area is 91.5 Å². The molecule has 2 rings (SSSR count). The predicted octanol–water partition coefficient (Wildman–Crippen LogP) is 2.38. The van der Waals surface area contributed by atoms with Gasteiger partial charge < -0.3 is 10.5 Å². The van der Waals surface area contributed by atoms with Crippen LogP contribution in [0.3, 0.4) is 0 Å². The number of halogens is 2. The van der Waals surface area contributed by atoms with Gasteiger partial charge in [-0.3, -0.25) is 0 Å². The van der Waals surface area contributed by atoms with E-state index in [4.69, 9.17) is 33.7 Å². The smallest absolute Gasteiger partial charge is 0.282 e. The molecule has 1 aromatic carbocycles. The third-order valence-corrected chi connectivity index (χ3v) is 2.55. The molecule has 0 saturated heterocycles. The highest BCUT2D eigenvalue weighted by molar-refractivity contribution is 6.35. The minimum atomic E-state index is -0.181. The first-order valence-electron chi connectivity index (χ1n) is 4.08. The fourth-order valence-electron chi connectivity index (χ4n) is 1.32. The monoisotopic (exact) mass is 230 g/mol. The molecule has 5 heteroatoms. The molecule has 0 aliphatic carbocycles. The lowest BCUT2D eigenvalue weighted by Gasteiger charge is -2.11. The van der Waals surface area contributed by atoms with Crippen molar-refractivity contribution in [1.82, 2.24) is 0 Å². The normalized spacial score (nSPS) is 20.4. The molecule has 0 saturated carbocycles. The van der Waals surface area contributed by atoms with E-state index < -0.39 is 0 Å². The third kappa shape index (κ3) is 1.79. The quantitative estimate of drug-likeness (QED) is 0.806. The fourth-order valence-corrected chi connectivity index (χ4v) is 1.85. The Hall–Kier alpha value is -0.930. The van der Waals surface area contributed by atoms with Gasteiger partial charge in [0.25, 0.3) is 6.02 Å². The molecule has 0 aromatic heterocycles. The van der Waals surface area contributed by atoms with Gasteiger partial charge in [0, 0.05) is 15.6 Å². The van der Waals surface area contributed by atoms with Crippen LogP contribution in [0.25, 0.3) is 0 Å². The van der Waals surface area contributed by atoms with E-state index in [1.165, 1.54) is 0 Å². The highest BCUT2D eigenvalue weighted by Gasteiger charge is 2.21. The average Bonchev–Trinajstić information content (AvgIpc) is 2.51. The first-order valence-corrected chi connectivity index (χ1v) is 4.84. The molecule has 3 nitrogen and oxygen atoms in total. The van der Waals surface area contributed by atoms with Crippen LogP contribution >= 0.6 is 23.2 Å². The number of amidine groups is 1. The Bertz CT molecular complexity index is 392. The van der Waals surface area contributed by atoms with E-state index in [1.54, 1.807) is 12.1 Å². The largest absolute Gasteiger partial charge is 0.455 e. The summed E-state index contributed by atoms with van der Waals surface area (Å²) in [7, 11) is 0. The summed E-state index contributed by atoms with van der Waals surface area (Å²) in [5.41, 5.74) is 6.26. The number of hydrogen-bond donors (Lipinski definition) is 1. The summed E-state index contributed by atoms with van der Waals surface area (Å²) in [6.45, 7) is 0.507. The molecule has 0 radical (unpaired) electrons. The SMILES string of the molecule is NC1=NCC(c2ccc(Cl)cc2Cl)O1. The Morgan fingerprint density at radius 1 is 1.43 bits per heavy atom. The van der Waals surface area contributed by atoms with E-state index in [1.807, 2.05) is 6.07 Å². The third-order valence-electron chi connectivity index (χ3n) is 1.99. The highest BCUT2D eigenvalue weighted by Crippen LogP contribution is 2.30. The minimum Gasteiger partial charge on any atom is -0.455 e. The fraction of sp³-hybridized carbons (Fsp3) is 0.222. The van der Waals surface area contributed by atoms with E-state index >= 15 is 0 Å². The maximum absolute atomic E-state index is 6.00. The van der Waals surface area contributed by atoms with Crippen molar-refractivity contribution in [2.24, 2.45) is 10.7 Å². The van der Waals surface area contributed by atoms with E-state index in [2.05, 4.69) is 4.99 Å². The van der Waals surface area contributed by atoms with E-state index in [0.717, 1.165) is 5.56 Å². The molecular weight excluding hydrogens is 223 g/mol. The van der Waals surface area contributed by atoms with Gasteiger partial charge in [0.2, 0.25) is 0 Å². The summed E-state index contributed by atoms with van der Waals surface area (Å²) < 4.78 is 5.27. The first-order chi connectivity index (χ1) is 6.66. The Kier molecular flexibility index (Phi) is 2.52. The molecule has 2 N–H and O–H groups in total. The van der Waals surface area contributed by atoms with Crippen LogP contribution in [0.2, 0.25) is 10.0 Å². The van der Waals surface area contributed by atoms with Gasteiger partial charge in [-0.05, 0) is 12.1 Å². The lowest BCUT2D eigenvalue weighted by molar-refractivity contribution is 0.226. The molecule has 1 atom stereocenters. The van der Waals surface area contributed by atoms with Crippen molar-refractivity contribution in [1.29, 1.82) is 0 Å². The number of hydrogen-bond acceptors (Lipinski definition) is 3. The molecule has 0 spiro atoms. The summed E-state index contributed by atoms with van der Waals surface area (Å²) >= 11 is 11.8. The second-order valence-corrected chi connectivity index (χ2v) is 3.79. The molecule has 74 valence electrons. The number of benzene rings is 1. The molecular formula is C9H8Cl2N2O. The minimum absolute atomic E-state index is 0.181. The van der Waals surface area contributed by atoms with Crippen LogP contribution in [0.5, 0.6) is 0 Å². The van der Waals surface area contributed by atoms with Gasteiger partial charge in [0.1, 0.15) is 6.10 Å². The van der Waals surface area contributed by atoms with Gasteiger partial charge in [-0.1, -0.05) is 29.3 Å². The molecule has 0 bridgehead atoms. The zero-order valence-electron chi connectivity index (χ0n) is 7.21. The first kappa shape index (κ1) is 9.62. The molecule has 1 aromatic rings. The standard InChI is InChI=1S/C9H8Cl2N2O/c10-5-1-2-6(7(11)3-5)8-4-13-9(12)14-8/h1-3,8H,4H2,(H2,12,13). The van der Waals surface area contributed by atoms with Crippen molar-refractivity contribution in [3.63, 3.8) is 0 Å².